The predicted molar refractivity (Wildman–Crippen MR) is 96.6 cm³/mol. The molecule has 0 fully saturated rings. The molecule has 0 unspecified atom stereocenters. The molecule has 0 saturated heterocycles. The third-order valence-electron chi connectivity index (χ3n) is 4.09. The maximum Gasteiger partial charge on any atom is 0.217 e. The Bertz CT molecular complexity index is 688. The van der Waals surface area contributed by atoms with Crippen LogP contribution in [-0.2, 0) is 4.74 Å². The van der Waals surface area contributed by atoms with Gasteiger partial charge in [0.1, 0.15) is 6.10 Å². The maximum atomic E-state index is 6.23. The summed E-state index contributed by atoms with van der Waals surface area (Å²) >= 11 is 0. The highest BCUT2D eigenvalue weighted by Crippen LogP contribution is 2.31. The fourth-order valence-corrected chi connectivity index (χ4v) is 2.95. The second-order valence-electron chi connectivity index (χ2n) is 6.43. The minimum atomic E-state index is -0.0880. The van der Waals surface area contributed by atoms with Gasteiger partial charge in [-0.05, 0) is 35.6 Å². The van der Waals surface area contributed by atoms with Crippen molar-refractivity contribution in [3.63, 3.8) is 0 Å². The lowest BCUT2D eigenvalue weighted by Crippen LogP contribution is -2.25. The van der Waals surface area contributed by atoms with Crippen LogP contribution in [0.2, 0.25) is 0 Å². The largest absolute Gasteiger partial charge is 0.467 e. The number of aliphatic imine (C=N–C) groups is 1. The molecule has 2 aromatic rings. The molecular weight excluding hydrogens is 282 g/mol. The van der Waals surface area contributed by atoms with Crippen molar-refractivity contribution in [1.82, 2.24) is 0 Å². The highest BCUT2D eigenvalue weighted by molar-refractivity contribution is 5.96. The monoisotopic (exact) mass is 305 g/mol. The summed E-state index contributed by atoms with van der Waals surface area (Å²) in [5, 5.41) is 0. The molecule has 0 aliphatic carbocycles. The molecule has 0 radical (unpaired) electrons. The van der Waals surface area contributed by atoms with Gasteiger partial charge in [0.15, 0.2) is 0 Å². The Morgan fingerprint density at radius 2 is 1.65 bits per heavy atom. The van der Waals surface area contributed by atoms with E-state index in [0.29, 0.717) is 5.92 Å². The molecule has 118 valence electrons. The molecule has 1 aliphatic heterocycles. The molecule has 0 amide bonds. The van der Waals surface area contributed by atoms with Crippen LogP contribution in [-0.4, -0.2) is 18.0 Å². The fraction of sp³-hybridized carbons (Fsp3) is 0.286. The van der Waals surface area contributed by atoms with Crippen LogP contribution in [0.25, 0.3) is 5.57 Å². The Balaban J connectivity index is 1.87. The van der Waals surface area contributed by atoms with Crippen molar-refractivity contribution in [2.75, 3.05) is 0 Å². The van der Waals surface area contributed by atoms with E-state index in [2.05, 4.69) is 32.6 Å². The molecule has 2 heteroatoms. The van der Waals surface area contributed by atoms with Crippen LogP contribution in [0.4, 0.5) is 0 Å². The van der Waals surface area contributed by atoms with Crippen LogP contribution in [0.1, 0.15) is 31.4 Å². The third kappa shape index (κ3) is 3.53. The molecule has 0 N–H and O–H groups in total. The van der Waals surface area contributed by atoms with Gasteiger partial charge < -0.3 is 4.74 Å². The standard InChI is InChI=1S/C21H23NO/c1-15(2)14-19-20(16(3)17-10-6-4-7-11-17)23-21(22-19)18-12-8-5-9-13-18/h4-13,15,19-20H,3,14H2,1-2H3/t19-,20-/m0/s1. The number of hydrogen-bond donors (Lipinski definition) is 0. The summed E-state index contributed by atoms with van der Waals surface area (Å²) < 4.78 is 6.23. The van der Waals surface area contributed by atoms with E-state index < -0.39 is 0 Å². The third-order valence-corrected chi connectivity index (χ3v) is 4.09. The summed E-state index contributed by atoms with van der Waals surface area (Å²) in [6.07, 6.45) is 0.905. The highest BCUT2D eigenvalue weighted by atomic mass is 16.5. The Morgan fingerprint density at radius 1 is 1.04 bits per heavy atom. The lowest BCUT2D eigenvalue weighted by atomic mass is 9.92. The molecule has 23 heavy (non-hydrogen) atoms. The van der Waals surface area contributed by atoms with Crippen molar-refractivity contribution in [3.05, 3.63) is 78.4 Å². The van der Waals surface area contributed by atoms with Crippen molar-refractivity contribution < 1.29 is 4.74 Å². The van der Waals surface area contributed by atoms with E-state index in [1.807, 2.05) is 48.5 Å². The van der Waals surface area contributed by atoms with Crippen molar-refractivity contribution in [2.24, 2.45) is 10.9 Å². The average Bonchev–Trinajstić information content (AvgIpc) is 2.99. The van der Waals surface area contributed by atoms with Gasteiger partial charge in [-0.25, -0.2) is 4.99 Å². The van der Waals surface area contributed by atoms with Crippen molar-refractivity contribution in [3.8, 4) is 0 Å². The molecule has 3 rings (SSSR count). The van der Waals surface area contributed by atoms with Gasteiger partial charge in [-0.3, -0.25) is 0 Å². The number of rotatable bonds is 5. The lowest BCUT2D eigenvalue weighted by Gasteiger charge is -2.21. The topological polar surface area (TPSA) is 21.6 Å². The molecular formula is C21H23NO. The first-order valence-corrected chi connectivity index (χ1v) is 8.19. The van der Waals surface area contributed by atoms with Gasteiger partial charge in [0.25, 0.3) is 0 Å². The van der Waals surface area contributed by atoms with Gasteiger partial charge in [0.2, 0.25) is 5.90 Å². The van der Waals surface area contributed by atoms with Gasteiger partial charge in [0.05, 0.1) is 6.04 Å². The van der Waals surface area contributed by atoms with E-state index in [4.69, 9.17) is 9.73 Å². The summed E-state index contributed by atoms with van der Waals surface area (Å²) in [5.41, 5.74) is 3.16. The minimum absolute atomic E-state index is 0.0880. The molecule has 0 aromatic heterocycles. The Kier molecular flexibility index (Phi) is 4.61. The Labute approximate surface area is 138 Å². The summed E-state index contributed by atoms with van der Waals surface area (Å²) in [6, 6.07) is 20.5. The van der Waals surface area contributed by atoms with Crippen molar-refractivity contribution >= 4 is 11.5 Å². The average molecular weight is 305 g/mol. The first kappa shape index (κ1) is 15.5. The summed E-state index contributed by atoms with van der Waals surface area (Å²) in [5.74, 6) is 1.30. The van der Waals surface area contributed by atoms with E-state index >= 15 is 0 Å². The molecule has 0 bridgehead atoms. The highest BCUT2D eigenvalue weighted by Gasteiger charge is 2.34. The predicted octanol–water partition coefficient (Wildman–Crippen LogP) is 4.96. The van der Waals surface area contributed by atoms with Crippen LogP contribution in [0.3, 0.4) is 0 Å². The van der Waals surface area contributed by atoms with Gasteiger partial charge >= 0.3 is 0 Å². The summed E-state index contributed by atoms with van der Waals surface area (Å²) in [6.45, 7) is 8.74. The molecule has 1 heterocycles. The molecule has 2 atom stereocenters. The zero-order chi connectivity index (χ0) is 16.2. The van der Waals surface area contributed by atoms with Gasteiger partial charge in [-0.15, -0.1) is 0 Å². The van der Waals surface area contributed by atoms with Crippen molar-refractivity contribution in [1.29, 1.82) is 0 Å². The molecule has 0 spiro atoms. The van der Waals surface area contributed by atoms with E-state index in [1.54, 1.807) is 0 Å². The fourth-order valence-electron chi connectivity index (χ4n) is 2.95. The Hall–Kier alpha value is -2.35. The zero-order valence-corrected chi connectivity index (χ0v) is 13.8. The second kappa shape index (κ2) is 6.82. The molecule has 2 aromatic carbocycles. The minimum Gasteiger partial charge on any atom is -0.467 e. The second-order valence-corrected chi connectivity index (χ2v) is 6.43. The van der Waals surface area contributed by atoms with Crippen LogP contribution < -0.4 is 0 Å². The normalized spacial score (nSPS) is 20.2. The van der Waals surface area contributed by atoms with Crippen molar-refractivity contribution in [2.45, 2.75) is 32.4 Å². The Morgan fingerprint density at radius 3 is 2.26 bits per heavy atom. The summed E-state index contributed by atoms with van der Waals surface area (Å²) in [4.78, 5) is 4.86. The zero-order valence-electron chi connectivity index (χ0n) is 13.8. The summed E-state index contributed by atoms with van der Waals surface area (Å²) in [7, 11) is 0. The quantitative estimate of drug-likeness (QED) is 0.765. The van der Waals surface area contributed by atoms with E-state index in [0.717, 1.165) is 29.0 Å². The number of hydrogen-bond acceptors (Lipinski definition) is 2. The van der Waals surface area contributed by atoms with Crippen LogP contribution in [0, 0.1) is 5.92 Å². The number of benzene rings is 2. The first-order valence-electron chi connectivity index (χ1n) is 8.19. The lowest BCUT2D eigenvalue weighted by molar-refractivity contribution is 0.238. The van der Waals surface area contributed by atoms with Crippen LogP contribution >= 0.6 is 0 Å². The smallest absolute Gasteiger partial charge is 0.217 e. The van der Waals surface area contributed by atoms with E-state index in [9.17, 15) is 0 Å². The SMILES string of the molecule is C=C(c1ccccc1)[C@@H]1OC(c2ccccc2)=N[C@H]1CC(C)C. The number of ether oxygens (including phenoxy) is 1. The molecule has 2 nitrogen and oxygen atoms in total. The van der Waals surface area contributed by atoms with Gasteiger partial charge in [-0.2, -0.15) is 0 Å². The van der Waals surface area contributed by atoms with E-state index in [-0.39, 0.29) is 12.1 Å². The van der Waals surface area contributed by atoms with Crippen LogP contribution in [0.5, 0.6) is 0 Å². The van der Waals surface area contributed by atoms with Gasteiger partial charge in [-0.1, -0.05) is 69.0 Å². The molecule has 0 saturated carbocycles. The maximum absolute atomic E-state index is 6.23. The number of nitrogens with zero attached hydrogens (tertiary/aromatic N) is 1. The van der Waals surface area contributed by atoms with E-state index in [1.165, 1.54) is 0 Å². The van der Waals surface area contributed by atoms with Crippen LogP contribution in [0.15, 0.2) is 72.2 Å². The molecule has 1 aliphatic rings. The first-order chi connectivity index (χ1) is 11.1. The van der Waals surface area contributed by atoms with Gasteiger partial charge in [0, 0.05) is 5.56 Å².